The van der Waals surface area contributed by atoms with Gasteiger partial charge in [0.1, 0.15) is 10.9 Å². The van der Waals surface area contributed by atoms with Gasteiger partial charge >= 0.3 is 5.97 Å². The average molecular weight is 320 g/mol. The van der Waals surface area contributed by atoms with Crippen LogP contribution in [-0.2, 0) is 22.4 Å². The van der Waals surface area contributed by atoms with Crippen LogP contribution in [0, 0.1) is 5.92 Å². The summed E-state index contributed by atoms with van der Waals surface area (Å²) in [5, 5.41) is 0.700. The van der Waals surface area contributed by atoms with E-state index >= 15 is 0 Å². The van der Waals surface area contributed by atoms with Crippen LogP contribution < -0.4 is 5.56 Å². The van der Waals surface area contributed by atoms with E-state index in [0.717, 1.165) is 29.7 Å². The zero-order valence-corrected chi connectivity index (χ0v) is 13.9. The Hall–Kier alpha value is -1.69. The van der Waals surface area contributed by atoms with Crippen molar-refractivity contribution in [1.29, 1.82) is 0 Å². The van der Waals surface area contributed by atoms with Crippen LogP contribution in [0.25, 0.3) is 10.2 Å². The molecular formula is C16H20N2O3S. The normalized spacial score (nSPS) is 19.0. The summed E-state index contributed by atoms with van der Waals surface area (Å²) in [7, 11) is 0. The van der Waals surface area contributed by atoms with Crippen LogP contribution in [-0.4, -0.2) is 22.1 Å². The maximum Gasteiger partial charge on any atom is 0.328 e. The van der Waals surface area contributed by atoms with Gasteiger partial charge in [0, 0.05) is 4.88 Å². The largest absolute Gasteiger partial charge is 0.464 e. The molecule has 0 fully saturated rings. The molecule has 2 heterocycles. The Morgan fingerprint density at radius 2 is 2.36 bits per heavy atom. The number of fused-ring (bicyclic) bond motifs is 3. The van der Waals surface area contributed by atoms with E-state index in [1.165, 1.54) is 15.8 Å². The molecule has 0 radical (unpaired) electrons. The molecule has 2 aromatic heterocycles. The van der Waals surface area contributed by atoms with Crippen molar-refractivity contribution in [2.45, 2.75) is 46.1 Å². The topological polar surface area (TPSA) is 61.2 Å². The summed E-state index contributed by atoms with van der Waals surface area (Å²) in [6.07, 6.45) is 4.51. The van der Waals surface area contributed by atoms with Crippen LogP contribution in [0.5, 0.6) is 0 Å². The Morgan fingerprint density at radius 3 is 3.09 bits per heavy atom. The fourth-order valence-corrected chi connectivity index (χ4v) is 4.34. The van der Waals surface area contributed by atoms with Gasteiger partial charge in [-0.2, -0.15) is 0 Å². The Balaban J connectivity index is 2.10. The number of hydrogen-bond acceptors (Lipinski definition) is 5. The molecule has 0 unspecified atom stereocenters. The van der Waals surface area contributed by atoms with Gasteiger partial charge in [0.15, 0.2) is 0 Å². The standard InChI is InChI=1S/C16H20N2O3S/c1-4-21-16(20)10(3)18-8-17-14-13(15(18)19)11-6-5-9(2)7-12(11)22-14/h8-10H,4-7H2,1-3H3/t9-,10-/m0/s1. The molecular weight excluding hydrogens is 300 g/mol. The van der Waals surface area contributed by atoms with Crippen molar-refractivity contribution in [3.05, 3.63) is 27.1 Å². The third kappa shape index (κ3) is 2.45. The summed E-state index contributed by atoms with van der Waals surface area (Å²) in [6, 6.07) is -0.651. The van der Waals surface area contributed by atoms with Crippen molar-refractivity contribution in [2.24, 2.45) is 5.92 Å². The van der Waals surface area contributed by atoms with Crippen LogP contribution in [0.4, 0.5) is 0 Å². The molecule has 0 aliphatic heterocycles. The molecule has 2 atom stereocenters. The summed E-state index contributed by atoms with van der Waals surface area (Å²) in [4.78, 5) is 31.2. The summed E-state index contributed by atoms with van der Waals surface area (Å²) in [5.41, 5.74) is 1.01. The van der Waals surface area contributed by atoms with Crippen molar-refractivity contribution >= 4 is 27.5 Å². The molecule has 0 saturated carbocycles. The van der Waals surface area contributed by atoms with Crippen LogP contribution in [0.3, 0.4) is 0 Å². The molecule has 3 rings (SSSR count). The first-order valence-electron chi connectivity index (χ1n) is 7.71. The molecule has 1 aliphatic carbocycles. The van der Waals surface area contributed by atoms with Crippen molar-refractivity contribution < 1.29 is 9.53 Å². The number of thiophene rings is 1. The van der Waals surface area contributed by atoms with Crippen LogP contribution in [0.1, 0.15) is 43.7 Å². The third-order valence-electron chi connectivity index (χ3n) is 4.29. The first kappa shape index (κ1) is 15.2. The zero-order chi connectivity index (χ0) is 15.9. The number of aryl methyl sites for hydroxylation is 1. The highest BCUT2D eigenvalue weighted by molar-refractivity contribution is 7.18. The van der Waals surface area contributed by atoms with Gasteiger partial charge < -0.3 is 4.74 Å². The number of esters is 1. The van der Waals surface area contributed by atoms with Crippen LogP contribution in [0.15, 0.2) is 11.1 Å². The zero-order valence-electron chi connectivity index (χ0n) is 13.1. The monoisotopic (exact) mass is 320 g/mol. The van der Waals surface area contributed by atoms with E-state index in [1.54, 1.807) is 25.2 Å². The Morgan fingerprint density at radius 1 is 1.59 bits per heavy atom. The average Bonchev–Trinajstić information content (AvgIpc) is 2.85. The first-order chi connectivity index (χ1) is 10.5. The van der Waals surface area contributed by atoms with Crippen molar-refractivity contribution in [3.8, 4) is 0 Å². The van der Waals surface area contributed by atoms with Crippen molar-refractivity contribution in [3.63, 3.8) is 0 Å². The van der Waals surface area contributed by atoms with Gasteiger partial charge in [0.25, 0.3) is 5.56 Å². The second-order valence-electron chi connectivity index (χ2n) is 5.92. The fraction of sp³-hybridized carbons (Fsp3) is 0.562. The van der Waals surface area contributed by atoms with E-state index < -0.39 is 12.0 Å². The summed E-state index contributed by atoms with van der Waals surface area (Å²) >= 11 is 1.62. The molecule has 0 spiro atoms. The van der Waals surface area contributed by atoms with E-state index in [9.17, 15) is 9.59 Å². The molecule has 5 nitrogen and oxygen atoms in total. The summed E-state index contributed by atoms with van der Waals surface area (Å²) in [5.74, 6) is 0.254. The van der Waals surface area contributed by atoms with Crippen molar-refractivity contribution in [2.75, 3.05) is 6.61 Å². The lowest BCUT2D eigenvalue weighted by atomic mass is 9.89. The Kier molecular flexibility index (Phi) is 4.04. The van der Waals surface area contributed by atoms with E-state index in [-0.39, 0.29) is 5.56 Å². The molecule has 1 aliphatic rings. The SMILES string of the molecule is CCOC(=O)[C@H](C)n1cnc2sc3c(c2c1=O)CC[C@H](C)C3. The highest BCUT2D eigenvalue weighted by Gasteiger charge is 2.25. The number of carbonyl (C=O) groups is 1. The first-order valence-corrected chi connectivity index (χ1v) is 8.52. The maximum absolute atomic E-state index is 12.8. The van der Waals surface area contributed by atoms with Gasteiger partial charge in [0.05, 0.1) is 18.3 Å². The Labute approximate surface area is 132 Å². The molecule has 22 heavy (non-hydrogen) atoms. The number of hydrogen-bond donors (Lipinski definition) is 0. The van der Waals surface area contributed by atoms with Gasteiger partial charge in [-0.25, -0.2) is 9.78 Å². The van der Waals surface area contributed by atoms with Crippen molar-refractivity contribution in [1.82, 2.24) is 9.55 Å². The van der Waals surface area contributed by atoms with E-state index in [0.29, 0.717) is 17.9 Å². The van der Waals surface area contributed by atoms with Gasteiger partial charge in [-0.05, 0) is 44.6 Å². The number of rotatable bonds is 3. The van der Waals surface area contributed by atoms with Gasteiger partial charge in [0.2, 0.25) is 0 Å². The molecule has 0 saturated heterocycles. The lowest BCUT2D eigenvalue weighted by Gasteiger charge is -2.18. The lowest BCUT2D eigenvalue weighted by Crippen LogP contribution is -2.29. The van der Waals surface area contributed by atoms with Gasteiger partial charge in [-0.15, -0.1) is 11.3 Å². The molecule has 0 amide bonds. The summed E-state index contributed by atoms with van der Waals surface area (Å²) in [6.45, 7) is 5.97. The molecule has 118 valence electrons. The molecule has 0 bridgehead atoms. The number of carbonyl (C=O) groups excluding carboxylic acids is 1. The predicted octanol–water partition coefficient (Wildman–Crippen LogP) is 2.71. The summed E-state index contributed by atoms with van der Waals surface area (Å²) < 4.78 is 6.40. The Bertz CT molecular complexity index is 778. The molecule has 0 N–H and O–H groups in total. The van der Waals surface area contributed by atoms with Gasteiger partial charge in [-0.1, -0.05) is 6.92 Å². The third-order valence-corrected chi connectivity index (χ3v) is 5.45. The highest BCUT2D eigenvalue weighted by atomic mass is 32.1. The number of ether oxygens (including phenoxy) is 1. The minimum atomic E-state index is -0.651. The van der Waals surface area contributed by atoms with E-state index in [1.807, 2.05) is 0 Å². The predicted molar refractivity (Wildman–Crippen MR) is 86.4 cm³/mol. The van der Waals surface area contributed by atoms with Crippen LogP contribution in [0.2, 0.25) is 0 Å². The van der Waals surface area contributed by atoms with E-state index in [4.69, 9.17) is 4.74 Å². The maximum atomic E-state index is 12.8. The highest BCUT2D eigenvalue weighted by Crippen LogP contribution is 2.35. The fourth-order valence-electron chi connectivity index (χ4n) is 3.00. The van der Waals surface area contributed by atoms with Gasteiger partial charge in [-0.3, -0.25) is 9.36 Å². The van der Waals surface area contributed by atoms with E-state index in [2.05, 4.69) is 11.9 Å². The van der Waals surface area contributed by atoms with Crippen LogP contribution >= 0.6 is 11.3 Å². The quantitative estimate of drug-likeness (QED) is 0.816. The smallest absolute Gasteiger partial charge is 0.328 e. The second-order valence-corrected chi connectivity index (χ2v) is 7.00. The molecule has 2 aromatic rings. The lowest BCUT2D eigenvalue weighted by molar-refractivity contribution is -0.146. The minimum absolute atomic E-state index is 0.127. The number of nitrogens with zero attached hydrogens (tertiary/aromatic N) is 2. The minimum Gasteiger partial charge on any atom is -0.464 e. The molecule has 0 aromatic carbocycles. The second kappa shape index (κ2) is 5.83. The number of aromatic nitrogens is 2. The molecule has 6 heteroatoms.